The molecule has 4 fully saturated rings. The molecule has 18 nitrogen and oxygen atoms in total. The lowest BCUT2D eigenvalue weighted by molar-refractivity contribution is 0.109. The number of pyridine rings is 1. The number of carbonyl (C=O) groups is 2. The molecule has 294 valence electrons. The quantitative estimate of drug-likeness (QED) is 0.225. The number of benzene rings is 1. The number of methoxy groups -OCH3 is 2. The van der Waals surface area contributed by atoms with E-state index in [9.17, 15) is 18.0 Å². The number of hydrogen-bond donors (Lipinski definition) is 0. The molecule has 5 aromatic rings. The summed E-state index contributed by atoms with van der Waals surface area (Å²) < 4.78 is 53.8. The van der Waals surface area contributed by atoms with Crippen LogP contribution in [0, 0.1) is 0 Å². The number of nitrogens with zero attached hydrogens (tertiary/aromatic N) is 9. The van der Waals surface area contributed by atoms with Crippen molar-refractivity contribution in [2.45, 2.75) is 55.4 Å². The Morgan fingerprint density at radius 2 is 1.50 bits per heavy atom. The van der Waals surface area contributed by atoms with Crippen molar-refractivity contribution in [3.8, 4) is 22.8 Å². The number of sulfone groups is 1. The van der Waals surface area contributed by atoms with Crippen LogP contribution in [0.3, 0.4) is 0 Å². The first-order valence-electron chi connectivity index (χ1n) is 18.8. The molecule has 2 amide bonds. The van der Waals surface area contributed by atoms with E-state index in [1.54, 1.807) is 16.0 Å². The van der Waals surface area contributed by atoms with Gasteiger partial charge in [-0.3, -0.25) is 9.67 Å². The zero-order valence-corrected chi connectivity index (χ0v) is 31.8. The summed E-state index contributed by atoms with van der Waals surface area (Å²) in [6, 6.07) is 9.33. The van der Waals surface area contributed by atoms with Crippen molar-refractivity contribution < 1.29 is 41.3 Å². The van der Waals surface area contributed by atoms with E-state index in [-0.39, 0.29) is 53.4 Å². The highest BCUT2D eigenvalue weighted by Crippen LogP contribution is 2.43. The normalized spacial score (nSPS) is 22.0. The van der Waals surface area contributed by atoms with E-state index in [0.29, 0.717) is 88.5 Å². The first-order valence-corrected chi connectivity index (χ1v) is 20.6. The fraction of sp³-hybridized carbons (Fsp3) is 0.514. The van der Waals surface area contributed by atoms with Gasteiger partial charge in [-0.25, -0.2) is 18.0 Å². The molecule has 8 heterocycles. The van der Waals surface area contributed by atoms with Crippen molar-refractivity contribution in [3.05, 3.63) is 59.6 Å². The lowest BCUT2D eigenvalue weighted by atomic mass is 9.87. The average molecular weight is 788 g/mol. The summed E-state index contributed by atoms with van der Waals surface area (Å²) in [5.41, 5.74) is 3.82. The van der Waals surface area contributed by atoms with Crippen LogP contribution < -0.4 is 0 Å². The Hall–Kier alpha value is -5.43. The van der Waals surface area contributed by atoms with Crippen molar-refractivity contribution in [1.29, 1.82) is 0 Å². The molecule has 4 saturated heterocycles. The third kappa shape index (κ3) is 6.75. The molecule has 0 spiro atoms. The summed E-state index contributed by atoms with van der Waals surface area (Å²) in [5.74, 6) is 1.71. The summed E-state index contributed by atoms with van der Waals surface area (Å²) in [7, 11) is -0.387. The van der Waals surface area contributed by atoms with Crippen LogP contribution in [0.15, 0.2) is 45.6 Å². The fourth-order valence-corrected chi connectivity index (χ4v) is 9.71. The molecule has 19 heteroatoms. The predicted molar refractivity (Wildman–Crippen MR) is 196 cm³/mol. The fourth-order valence-electron chi connectivity index (χ4n) is 8.35. The smallest absolute Gasteiger partial charge is 0.409 e. The number of rotatable bonds is 7. The second-order valence-corrected chi connectivity index (χ2v) is 17.0. The van der Waals surface area contributed by atoms with Crippen molar-refractivity contribution in [1.82, 2.24) is 44.8 Å². The van der Waals surface area contributed by atoms with Gasteiger partial charge < -0.3 is 33.1 Å². The van der Waals surface area contributed by atoms with E-state index in [1.807, 2.05) is 35.0 Å². The first-order chi connectivity index (χ1) is 27.2. The maximum absolute atomic E-state index is 12.3. The maximum atomic E-state index is 12.3. The third-order valence-corrected chi connectivity index (χ3v) is 13.3. The molecule has 4 aliphatic rings. The number of ether oxygens (including phenoxy) is 3. The number of amides is 2. The van der Waals surface area contributed by atoms with Crippen LogP contribution in [-0.4, -0.2) is 131 Å². The van der Waals surface area contributed by atoms with Gasteiger partial charge in [0.1, 0.15) is 0 Å². The molecule has 0 radical (unpaired) electrons. The van der Waals surface area contributed by atoms with Crippen LogP contribution in [-0.2, 0) is 24.0 Å². The lowest BCUT2D eigenvalue weighted by Gasteiger charge is -2.29. The first kappa shape index (κ1) is 36.2. The topological polar surface area (TPSA) is 211 Å². The molecule has 0 N–H and O–H groups in total. The van der Waals surface area contributed by atoms with Gasteiger partial charge in [-0.1, -0.05) is 22.4 Å². The zero-order valence-electron chi connectivity index (χ0n) is 30.9. The van der Waals surface area contributed by atoms with Gasteiger partial charge in [0.2, 0.25) is 11.7 Å². The van der Waals surface area contributed by atoms with Gasteiger partial charge in [0, 0.05) is 78.3 Å². The molecular formula is C37H41N9O9S. The van der Waals surface area contributed by atoms with Crippen molar-refractivity contribution in [3.63, 3.8) is 0 Å². The molecule has 9 rings (SSSR count). The van der Waals surface area contributed by atoms with Crippen LogP contribution >= 0.6 is 0 Å². The standard InChI is InChI=1S/C37H41N9O9S/c1-51-36(47)44-11-6-21(7-12-44)32-39-35(55-42-32)24-5-10-38-29(15-24)27-17-53-18-28(27)31-26-4-3-23(16-30(26)46(41-31)25-19-56(49,50)20-25)33-40-34(54-43-33)22-8-13-45(14-9-22)37(48)52-2/h3-5,10,15-16,21-22,25,27-28H,6-9,11-14,17-20H2,1-2H3. The van der Waals surface area contributed by atoms with Gasteiger partial charge in [0.25, 0.3) is 5.89 Å². The molecule has 4 aromatic heterocycles. The summed E-state index contributed by atoms with van der Waals surface area (Å²) in [5, 5.41) is 14.6. The van der Waals surface area contributed by atoms with Gasteiger partial charge in [0.05, 0.1) is 56.2 Å². The SMILES string of the molecule is COC(=O)N1CCC(c2noc(-c3ccnc(C4COCC4c4nn(C5CS(=O)(=O)C5)c5cc(-c6noc(C7CCN(C(=O)OC)CC7)n6)ccc45)c3)n2)CC1. The molecule has 1 aromatic carbocycles. The van der Waals surface area contributed by atoms with Gasteiger partial charge in [0.15, 0.2) is 15.7 Å². The number of piperidine rings is 2. The number of likely N-dealkylation sites (tertiary alicyclic amines) is 2. The molecule has 2 unspecified atom stereocenters. The van der Waals surface area contributed by atoms with Crippen molar-refractivity contribution in [2.24, 2.45) is 0 Å². The highest BCUT2D eigenvalue weighted by molar-refractivity contribution is 7.92. The van der Waals surface area contributed by atoms with E-state index in [4.69, 9.17) is 43.3 Å². The third-order valence-electron chi connectivity index (χ3n) is 11.5. The van der Waals surface area contributed by atoms with Crippen molar-refractivity contribution >= 4 is 32.9 Å². The van der Waals surface area contributed by atoms with E-state index in [1.165, 1.54) is 14.2 Å². The highest BCUT2D eigenvalue weighted by Gasteiger charge is 2.40. The van der Waals surface area contributed by atoms with Crippen LogP contribution in [0.1, 0.15) is 78.5 Å². The maximum Gasteiger partial charge on any atom is 0.409 e. The van der Waals surface area contributed by atoms with E-state index in [2.05, 4.69) is 10.3 Å². The lowest BCUT2D eigenvalue weighted by Crippen LogP contribution is -2.38. The zero-order chi connectivity index (χ0) is 38.6. The van der Waals surface area contributed by atoms with Crippen LogP contribution in [0.4, 0.5) is 9.59 Å². The van der Waals surface area contributed by atoms with Gasteiger partial charge in [-0.15, -0.1) is 0 Å². The Kier molecular flexibility index (Phi) is 9.43. The Morgan fingerprint density at radius 1 is 0.804 bits per heavy atom. The monoisotopic (exact) mass is 787 g/mol. The molecular weight excluding hydrogens is 747 g/mol. The predicted octanol–water partition coefficient (Wildman–Crippen LogP) is 4.29. The van der Waals surface area contributed by atoms with Gasteiger partial charge in [-0.05, 0) is 43.9 Å². The Labute approximate surface area is 321 Å². The Balaban J connectivity index is 0.971. The molecule has 0 aliphatic carbocycles. The highest BCUT2D eigenvalue weighted by atomic mass is 32.2. The largest absolute Gasteiger partial charge is 0.453 e. The Bertz CT molecular complexity index is 2370. The van der Waals surface area contributed by atoms with E-state index in [0.717, 1.165) is 33.4 Å². The summed E-state index contributed by atoms with van der Waals surface area (Å²) in [6.07, 6.45) is 3.83. The van der Waals surface area contributed by atoms with E-state index < -0.39 is 9.84 Å². The molecule has 4 aliphatic heterocycles. The molecule has 2 atom stereocenters. The number of hydrogen-bond acceptors (Lipinski definition) is 15. The Morgan fingerprint density at radius 3 is 2.20 bits per heavy atom. The molecule has 0 bridgehead atoms. The summed E-state index contributed by atoms with van der Waals surface area (Å²) in [4.78, 5) is 41.4. The van der Waals surface area contributed by atoms with Gasteiger partial charge >= 0.3 is 12.2 Å². The number of aromatic nitrogens is 7. The number of fused-ring (bicyclic) bond motifs is 1. The van der Waals surface area contributed by atoms with Crippen LogP contribution in [0.5, 0.6) is 0 Å². The van der Waals surface area contributed by atoms with Crippen molar-refractivity contribution in [2.75, 3.05) is 65.1 Å². The minimum absolute atomic E-state index is 0.00877. The molecule has 0 saturated carbocycles. The van der Waals surface area contributed by atoms with Crippen LogP contribution in [0.2, 0.25) is 0 Å². The number of carbonyl (C=O) groups excluding carboxylic acids is 2. The minimum atomic E-state index is -3.15. The van der Waals surface area contributed by atoms with Crippen LogP contribution in [0.25, 0.3) is 33.7 Å². The average Bonchev–Trinajstić information content (AvgIpc) is 4.06. The summed E-state index contributed by atoms with van der Waals surface area (Å²) >= 11 is 0. The second kappa shape index (κ2) is 14.6. The molecule has 56 heavy (non-hydrogen) atoms. The minimum Gasteiger partial charge on any atom is -0.453 e. The second-order valence-electron chi connectivity index (χ2n) is 14.9. The summed E-state index contributed by atoms with van der Waals surface area (Å²) in [6.45, 7) is 3.03. The van der Waals surface area contributed by atoms with E-state index >= 15 is 0 Å². The van der Waals surface area contributed by atoms with Gasteiger partial charge in [-0.2, -0.15) is 15.1 Å².